The van der Waals surface area contributed by atoms with Crippen molar-refractivity contribution in [3.8, 4) is 11.8 Å². The number of nitrogens with one attached hydrogen (secondary N) is 1. The van der Waals surface area contributed by atoms with Crippen LogP contribution in [0, 0.1) is 18.3 Å². The van der Waals surface area contributed by atoms with Crippen molar-refractivity contribution < 1.29 is 13.5 Å². The zero-order valence-electron chi connectivity index (χ0n) is 9.91. The fourth-order valence-corrected chi connectivity index (χ4v) is 3.60. The summed E-state index contributed by atoms with van der Waals surface area (Å²) in [4.78, 5) is 0.335. The number of aromatic hydroxyl groups is 1. The average molecular weight is 294 g/mol. The SMILES string of the molecule is Cc1cc(NS(=O)(=O)c2ccc(C#N)s2)ccc1O. The minimum absolute atomic E-state index is 0.0785. The summed E-state index contributed by atoms with van der Waals surface area (Å²) in [6, 6.07) is 9.16. The molecule has 0 radical (unpaired) electrons. The monoisotopic (exact) mass is 294 g/mol. The first-order valence-corrected chi connectivity index (χ1v) is 7.55. The second-order valence-electron chi connectivity index (χ2n) is 3.84. The van der Waals surface area contributed by atoms with Crippen LogP contribution in [0.1, 0.15) is 10.4 Å². The minimum Gasteiger partial charge on any atom is -0.508 e. The van der Waals surface area contributed by atoms with Gasteiger partial charge in [0.05, 0.1) is 0 Å². The van der Waals surface area contributed by atoms with Crippen molar-refractivity contribution in [1.82, 2.24) is 0 Å². The van der Waals surface area contributed by atoms with Crippen molar-refractivity contribution in [2.45, 2.75) is 11.1 Å². The van der Waals surface area contributed by atoms with E-state index in [4.69, 9.17) is 5.26 Å². The molecule has 1 heterocycles. The topological polar surface area (TPSA) is 90.2 Å². The zero-order chi connectivity index (χ0) is 14.0. The van der Waals surface area contributed by atoms with E-state index in [9.17, 15) is 13.5 Å². The minimum atomic E-state index is -3.70. The van der Waals surface area contributed by atoms with Gasteiger partial charge in [0, 0.05) is 5.69 Å². The van der Waals surface area contributed by atoms with Gasteiger partial charge in [0.15, 0.2) is 0 Å². The van der Waals surface area contributed by atoms with Crippen LogP contribution in [0.3, 0.4) is 0 Å². The molecule has 0 aliphatic heterocycles. The smallest absolute Gasteiger partial charge is 0.271 e. The van der Waals surface area contributed by atoms with Crippen molar-refractivity contribution >= 4 is 27.0 Å². The van der Waals surface area contributed by atoms with Crippen molar-refractivity contribution in [3.05, 3.63) is 40.8 Å². The molecule has 2 aromatic rings. The van der Waals surface area contributed by atoms with Crippen LogP contribution in [-0.2, 0) is 10.0 Å². The van der Waals surface area contributed by atoms with Crippen LogP contribution in [0.15, 0.2) is 34.5 Å². The molecule has 0 aliphatic rings. The molecule has 0 unspecified atom stereocenters. The van der Waals surface area contributed by atoms with E-state index in [2.05, 4.69) is 4.72 Å². The van der Waals surface area contributed by atoms with Crippen LogP contribution in [0.5, 0.6) is 5.75 Å². The number of thiophene rings is 1. The normalized spacial score (nSPS) is 10.9. The van der Waals surface area contributed by atoms with E-state index in [0.29, 0.717) is 16.1 Å². The number of aryl methyl sites for hydroxylation is 1. The molecule has 0 spiro atoms. The van der Waals surface area contributed by atoms with E-state index in [1.165, 1.54) is 30.3 Å². The Bertz CT molecular complexity index is 758. The summed E-state index contributed by atoms with van der Waals surface area (Å²) in [6.45, 7) is 1.67. The van der Waals surface area contributed by atoms with Gasteiger partial charge >= 0.3 is 0 Å². The van der Waals surface area contributed by atoms with E-state index in [1.54, 1.807) is 6.92 Å². The quantitative estimate of drug-likeness (QED) is 0.851. The van der Waals surface area contributed by atoms with Crippen molar-refractivity contribution in [1.29, 1.82) is 5.26 Å². The Labute approximate surface area is 114 Å². The number of hydrogen-bond donors (Lipinski definition) is 2. The Balaban J connectivity index is 2.31. The number of nitrogens with zero attached hydrogens (tertiary/aromatic N) is 1. The van der Waals surface area contributed by atoms with Crippen molar-refractivity contribution in [3.63, 3.8) is 0 Å². The lowest BCUT2D eigenvalue weighted by atomic mass is 10.2. The molecular weight excluding hydrogens is 284 g/mol. The molecule has 2 N–H and O–H groups in total. The van der Waals surface area contributed by atoms with Gasteiger partial charge in [-0.15, -0.1) is 11.3 Å². The number of benzene rings is 1. The maximum Gasteiger partial charge on any atom is 0.271 e. The number of anilines is 1. The Morgan fingerprint density at radius 2 is 2.05 bits per heavy atom. The molecule has 7 heteroatoms. The predicted octanol–water partition coefficient (Wildman–Crippen LogP) is 2.43. The lowest BCUT2D eigenvalue weighted by molar-refractivity contribution is 0.471. The van der Waals surface area contributed by atoms with E-state index >= 15 is 0 Å². The molecule has 0 amide bonds. The Morgan fingerprint density at radius 1 is 1.32 bits per heavy atom. The van der Waals surface area contributed by atoms with E-state index < -0.39 is 10.0 Å². The lowest BCUT2D eigenvalue weighted by Crippen LogP contribution is -2.11. The summed E-state index contributed by atoms with van der Waals surface area (Å²) in [6.07, 6.45) is 0. The zero-order valence-corrected chi connectivity index (χ0v) is 11.5. The molecule has 5 nitrogen and oxygen atoms in total. The number of phenols is 1. The van der Waals surface area contributed by atoms with Gasteiger partial charge < -0.3 is 5.11 Å². The fraction of sp³-hybridized carbons (Fsp3) is 0.0833. The van der Waals surface area contributed by atoms with Gasteiger partial charge in [0.1, 0.15) is 20.9 Å². The third-order valence-electron chi connectivity index (χ3n) is 2.41. The summed E-state index contributed by atoms with van der Waals surface area (Å²) >= 11 is 0.905. The van der Waals surface area contributed by atoms with Crippen LogP contribution in [0.2, 0.25) is 0 Å². The van der Waals surface area contributed by atoms with E-state index in [0.717, 1.165) is 11.3 Å². The van der Waals surface area contributed by atoms with Crippen LogP contribution >= 0.6 is 11.3 Å². The second kappa shape index (κ2) is 4.91. The highest BCUT2D eigenvalue weighted by atomic mass is 32.2. The Kier molecular flexibility index (Phi) is 3.46. The number of sulfonamides is 1. The van der Waals surface area contributed by atoms with Gasteiger partial charge in [-0.2, -0.15) is 5.26 Å². The molecule has 2 rings (SSSR count). The molecule has 19 heavy (non-hydrogen) atoms. The van der Waals surface area contributed by atoms with Crippen LogP contribution in [0.4, 0.5) is 5.69 Å². The third kappa shape index (κ3) is 2.86. The maximum atomic E-state index is 12.1. The highest BCUT2D eigenvalue weighted by molar-refractivity contribution is 7.94. The van der Waals surface area contributed by atoms with Gasteiger partial charge in [-0.3, -0.25) is 4.72 Å². The molecule has 0 bridgehead atoms. The van der Waals surface area contributed by atoms with Crippen LogP contribution in [-0.4, -0.2) is 13.5 Å². The summed E-state index contributed by atoms with van der Waals surface area (Å²) in [7, 11) is -3.70. The summed E-state index contributed by atoms with van der Waals surface area (Å²) in [5, 5.41) is 18.1. The molecule has 1 aromatic carbocycles. The first-order valence-electron chi connectivity index (χ1n) is 5.25. The molecular formula is C12H10N2O3S2. The molecule has 98 valence electrons. The van der Waals surface area contributed by atoms with E-state index in [-0.39, 0.29) is 9.96 Å². The number of nitriles is 1. The fourth-order valence-electron chi connectivity index (χ4n) is 1.45. The molecule has 0 fully saturated rings. The highest BCUT2D eigenvalue weighted by Gasteiger charge is 2.17. The molecule has 1 aromatic heterocycles. The molecule has 0 saturated carbocycles. The van der Waals surface area contributed by atoms with Crippen LogP contribution in [0.25, 0.3) is 0 Å². The van der Waals surface area contributed by atoms with Gasteiger partial charge in [0.25, 0.3) is 10.0 Å². The van der Waals surface area contributed by atoms with E-state index in [1.807, 2.05) is 6.07 Å². The summed E-state index contributed by atoms with van der Waals surface area (Å²) in [5.41, 5.74) is 0.936. The third-order valence-corrected chi connectivity index (χ3v) is 5.27. The number of phenolic OH excluding ortho intramolecular Hbond substituents is 1. The highest BCUT2D eigenvalue weighted by Crippen LogP contribution is 2.25. The number of rotatable bonds is 3. The summed E-state index contributed by atoms with van der Waals surface area (Å²) in [5.74, 6) is 0.103. The van der Waals surface area contributed by atoms with Gasteiger partial charge in [0.2, 0.25) is 0 Å². The molecule has 0 aliphatic carbocycles. The van der Waals surface area contributed by atoms with Crippen molar-refractivity contribution in [2.24, 2.45) is 0 Å². The first kappa shape index (κ1) is 13.4. The maximum absolute atomic E-state index is 12.1. The average Bonchev–Trinajstić information content (AvgIpc) is 2.83. The molecule has 0 atom stereocenters. The predicted molar refractivity (Wildman–Crippen MR) is 72.7 cm³/mol. The largest absolute Gasteiger partial charge is 0.508 e. The van der Waals surface area contributed by atoms with Gasteiger partial charge in [-0.1, -0.05) is 0 Å². The first-order chi connectivity index (χ1) is 8.92. The Morgan fingerprint density at radius 3 is 2.63 bits per heavy atom. The second-order valence-corrected chi connectivity index (χ2v) is 6.83. The van der Waals surface area contributed by atoms with Crippen LogP contribution < -0.4 is 4.72 Å². The lowest BCUT2D eigenvalue weighted by Gasteiger charge is -2.07. The number of hydrogen-bond acceptors (Lipinski definition) is 5. The summed E-state index contributed by atoms with van der Waals surface area (Å²) < 4.78 is 26.6. The Hall–Kier alpha value is -2.04. The molecule has 0 saturated heterocycles. The standard InChI is InChI=1S/C12H10N2O3S2/c1-8-6-9(2-4-11(8)15)14-19(16,17)12-5-3-10(7-13)18-12/h2-6,14-15H,1H3. The van der Waals surface area contributed by atoms with Gasteiger partial charge in [-0.25, -0.2) is 8.42 Å². The van der Waals surface area contributed by atoms with Crippen molar-refractivity contribution in [2.75, 3.05) is 4.72 Å². The van der Waals surface area contributed by atoms with Gasteiger partial charge in [-0.05, 0) is 42.8 Å².